The molecule has 9 atom stereocenters. The van der Waals surface area contributed by atoms with E-state index in [1.807, 2.05) is 0 Å². The normalized spacial score (nSPS) is 19.2. The van der Waals surface area contributed by atoms with Crippen LogP contribution in [0, 0.1) is 0 Å². The summed E-state index contributed by atoms with van der Waals surface area (Å²) in [6.45, 7) is 3.48. The number of amides is 1. The van der Waals surface area contributed by atoms with Crippen molar-refractivity contribution >= 4 is 5.91 Å². The van der Waals surface area contributed by atoms with Crippen molar-refractivity contribution in [1.29, 1.82) is 0 Å². The van der Waals surface area contributed by atoms with E-state index in [1.165, 1.54) is 257 Å². The van der Waals surface area contributed by atoms with E-state index in [0.717, 1.165) is 44.9 Å². The van der Waals surface area contributed by atoms with Gasteiger partial charge < -0.3 is 50.5 Å². The molecule has 0 aromatic rings. The maximum Gasteiger partial charge on any atom is 0.249 e. The molecular formula is C72H137NO10. The summed E-state index contributed by atoms with van der Waals surface area (Å²) >= 11 is 0. The van der Waals surface area contributed by atoms with Crippen molar-refractivity contribution in [3.05, 3.63) is 36.5 Å². The molecule has 83 heavy (non-hydrogen) atoms. The zero-order valence-electron chi connectivity index (χ0n) is 54.2. The van der Waals surface area contributed by atoms with Crippen LogP contribution in [0.25, 0.3) is 0 Å². The van der Waals surface area contributed by atoms with E-state index in [9.17, 15) is 40.5 Å². The van der Waals surface area contributed by atoms with Crippen LogP contribution in [0.1, 0.15) is 348 Å². The van der Waals surface area contributed by atoms with Crippen LogP contribution in [0.2, 0.25) is 0 Å². The van der Waals surface area contributed by atoms with Gasteiger partial charge in [0.25, 0.3) is 0 Å². The van der Waals surface area contributed by atoms with E-state index in [0.29, 0.717) is 19.3 Å². The van der Waals surface area contributed by atoms with Gasteiger partial charge in [-0.25, -0.2) is 0 Å². The quantitative estimate of drug-likeness (QED) is 0.0215. The van der Waals surface area contributed by atoms with Crippen LogP contribution in [0.15, 0.2) is 36.5 Å². The van der Waals surface area contributed by atoms with Gasteiger partial charge in [0.15, 0.2) is 6.29 Å². The van der Waals surface area contributed by atoms with Gasteiger partial charge in [-0.15, -0.1) is 0 Å². The highest BCUT2D eigenvalue weighted by molar-refractivity contribution is 5.80. The standard InChI is InChI=1S/C72H137NO10/c1-3-5-7-9-11-13-15-17-19-21-23-25-27-28-29-30-31-32-33-34-35-36-37-38-40-42-44-46-48-50-52-54-56-58-60-65(76)71(81)73-63(62-82-72-70(80)69(79)68(78)66(61-74)83-72)67(77)64(75)59-57-55-53-51-49-47-45-43-41-39-26-24-22-20-18-16-14-12-10-8-6-4-2/h24,26,43,45,51,53,63-70,72,74-80H,3-23,25,27-42,44,46-50,52,54-62H2,1-2H3,(H,73,81)/b26-24+,45-43+,53-51+. The maximum atomic E-state index is 13.2. The Morgan fingerprint density at radius 2 is 0.723 bits per heavy atom. The molecule has 0 spiro atoms. The van der Waals surface area contributed by atoms with Crippen LogP contribution in [-0.2, 0) is 14.3 Å². The Hall–Kier alpha value is -1.67. The lowest BCUT2D eigenvalue weighted by molar-refractivity contribution is -0.303. The zero-order valence-corrected chi connectivity index (χ0v) is 54.2. The molecule has 0 aliphatic carbocycles. The fourth-order valence-corrected chi connectivity index (χ4v) is 11.7. The topological polar surface area (TPSA) is 189 Å². The fourth-order valence-electron chi connectivity index (χ4n) is 11.7. The van der Waals surface area contributed by atoms with Crippen molar-refractivity contribution < 1.29 is 50.0 Å². The second-order valence-corrected chi connectivity index (χ2v) is 25.3. The minimum absolute atomic E-state index is 0.243. The summed E-state index contributed by atoms with van der Waals surface area (Å²) in [5.41, 5.74) is 0. The lowest BCUT2D eigenvalue weighted by Crippen LogP contribution is -2.60. The second-order valence-electron chi connectivity index (χ2n) is 25.3. The molecule has 9 unspecified atom stereocenters. The molecule has 1 fully saturated rings. The summed E-state index contributed by atoms with van der Waals surface area (Å²) in [6.07, 6.45) is 66.7. The predicted octanol–water partition coefficient (Wildman–Crippen LogP) is 17.4. The number of hydrogen-bond acceptors (Lipinski definition) is 10. The van der Waals surface area contributed by atoms with Gasteiger partial charge in [-0.3, -0.25) is 4.79 Å². The van der Waals surface area contributed by atoms with Crippen LogP contribution in [0.4, 0.5) is 0 Å². The Morgan fingerprint density at radius 3 is 1.07 bits per heavy atom. The van der Waals surface area contributed by atoms with E-state index < -0.39 is 74.2 Å². The van der Waals surface area contributed by atoms with E-state index in [1.54, 1.807) is 0 Å². The molecule has 0 saturated carbocycles. The molecule has 0 bridgehead atoms. The Balaban J connectivity index is 2.18. The molecule has 11 nitrogen and oxygen atoms in total. The number of nitrogens with one attached hydrogen (secondary N) is 1. The average Bonchev–Trinajstić information content (AvgIpc) is 3.68. The highest BCUT2D eigenvalue weighted by atomic mass is 16.7. The van der Waals surface area contributed by atoms with Crippen molar-refractivity contribution in [3.8, 4) is 0 Å². The molecule has 490 valence electrons. The molecule has 11 heteroatoms. The molecule has 1 saturated heterocycles. The van der Waals surface area contributed by atoms with E-state index in [2.05, 4.69) is 55.6 Å². The van der Waals surface area contributed by atoms with Crippen LogP contribution < -0.4 is 5.32 Å². The average molecular weight is 1180 g/mol. The smallest absolute Gasteiger partial charge is 0.249 e. The summed E-state index contributed by atoms with van der Waals surface area (Å²) in [5, 5.41) is 76.4. The van der Waals surface area contributed by atoms with Gasteiger partial charge >= 0.3 is 0 Å². The number of carbonyl (C=O) groups excluding carboxylic acids is 1. The highest BCUT2D eigenvalue weighted by Crippen LogP contribution is 2.24. The molecule has 1 heterocycles. The molecule has 1 amide bonds. The largest absolute Gasteiger partial charge is 0.394 e. The third kappa shape index (κ3) is 48.0. The molecule has 8 N–H and O–H groups in total. The first-order valence-electron chi connectivity index (χ1n) is 35.9. The minimum atomic E-state index is -1.67. The number of allylic oxidation sites excluding steroid dienone is 6. The molecular weight excluding hydrogens is 1040 g/mol. The van der Waals surface area contributed by atoms with Crippen molar-refractivity contribution in [2.75, 3.05) is 13.2 Å². The van der Waals surface area contributed by atoms with Gasteiger partial charge in [0.1, 0.15) is 36.6 Å². The number of unbranched alkanes of at least 4 members (excludes halogenated alkanes) is 45. The van der Waals surface area contributed by atoms with Gasteiger partial charge in [-0.05, 0) is 64.2 Å². The third-order valence-corrected chi connectivity index (χ3v) is 17.4. The molecule has 0 aromatic carbocycles. The Morgan fingerprint density at radius 1 is 0.410 bits per heavy atom. The Labute approximate surface area is 511 Å². The zero-order chi connectivity index (χ0) is 60.3. The van der Waals surface area contributed by atoms with Crippen LogP contribution in [-0.4, -0.2) is 110 Å². The van der Waals surface area contributed by atoms with Crippen LogP contribution in [0.3, 0.4) is 0 Å². The van der Waals surface area contributed by atoms with E-state index >= 15 is 0 Å². The molecule has 1 aliphatic heterocycles. The lowest BCUT2D eigenvalue weighted by atomic mass is 9.98. The highest BCUT2D eigenvalue weighted by Gasteiger charge is 2.44. The number of rotatable bonds is 63. The van der Waals surface area contributed by atoms with Gasteiger partial charge in [0.2, 0.25) is 5.91 Å². The van der Waals surface area contributed by atoms with Gasteiger partial charge in [-0.1, -0.05) is 320 Å². The van der Waals surface area contributed by atoms with Crippen LogP contribution in [0.5, 0.6) is 0 Å². The van der Waals surface area contributed by atoms with Crippen molar-refractivity contribution in [2.24, 2.45) is 0 Å². The number of hydrogen-bond donors (Lipinski definition) is 8. The monoisotopic (exact) mass is 1180 g/mol. The molecule has 0 radical (unpaired) electrons. The summed E-state index contributed by atoms with van der Waals surface area (Å²) in [4.78, 5) is 13.2. The van der Waals surface area contributed by atoms with Gasteiger partial charge in [-0.2, -0.15) is 0 Å². The van der Waals surface area contributed by atoms with Crippen molar-refractivity contribution in [1.82, 2.24) is 5.32 Å². The van der Waals surface area contributed by atoms with Crippen LogP contribution >= 0.6 is 0 Å². The lowest BCUT2D eigenvalue weighted by Gasteiger charge is -2.40. The minimum Gasteiger partial charge on any atom is -0.394 e. The summed E-state index contributed by atoms with van der Waals surface area (Å²) in [6, 6.07) is -1.19. The molecule has 0 aromatic heterocycles. The number of aliphatic hydroxyl groups is 7. The maximum absolute atomic E-state index is 13.2. The first-order chi connectivity index (χ1) is 40.7. The predicted molar refractivity (Wildman–Crippen MR) is 349 cm³/mol. The summed E-state index contributed by atoms with van der Waals surface area (Å²) in [7, 11) is 0. The first-order valence-corrected chi connectivity index (χ1v) is 35.9. The first kappa shape index (κ1) is 79.3. The Kier molecular flexibility index (Phi) is 57.9. The van der Waals surface area contributed by atoms with Crippen molar-refractivity contribution in [2.45, 2.75) is 403 Å². The number of ether oxygens (including phenoxy) is 2. The fraction of sp³-hybridized carbons (Fsp3) is 0.903. The molecule has 1 aliphatic rings. The van der Waals surface area contributed by atoms with E-state index in [4.69, 9.17) is 9.47 Å². The van der Waals surface area contributed by atoms with Gasteiger partial charge in [0.05, 0.1) is 25.4 Å². The van der Waals surface area contributed by atoms with Gasteiger partial charge in [0, 0.05) is 0 Å². The molecule has 1 rings (SSSR count). The third-order valence-electron chi connectivity index (χ3n) is 17.4. The van der Waals surface area contributed by atoms with Crippen molar-refractivity contribution in [3.63, 3.8) is 0 Å². The number of aliphatic hydroxyl groups excluding tert-OH is 7. The number of carbonyl (C=O) groups is 1. The summed E-state index contributed by atoms with van der Waals surface area (Å²) < 4.78 is 11.2. The summed E-state index contributed by atoms with van der Waals surface area (Å²) in [5.74, 6) is -0.706. The SMILES string of the molecule is CCCCCCCCCCC/C=C/CC/C=C/CC/C=C/CCCC(O)C(O)C(COC1OC(CO)C(O)C(O)C1O)NC(=O)C(O)CCCCCCCCCCCCCCCCCCCCCCCCCCCCCCCCCCCC. The Bertz CT molecular complexity index is 1440. The van der Waals surface area contributed by atoms with E-state index in [-0.39, 0.29) is 12.8 Å². The second kappa shape index (κ2) is 60.6.